The lowest BCUT2D eigenvalue weighted by Crippen LogP contribution is -2.09. The van der Waals surface area contributed by atoms with Gasteiger partial charge >= 0.3 is 0 Å². The van der Waals surface area contributed by atoms with E-state index in [9.17, 15) is 0 Å². The number of nitrogens with zero attached hydrogens (tertiary/aromatic N) is 2. The van der Waals surface area contributed by atoms with Crippen LogP contribution in [0.2, 0.25) is 0 Å². The van der Waals surface area contributed by atoms with Gasteiger partial charge in [-0.2, -0.15) is 0 Å². The number of hydrogen-bond acceptors (Lipinski definition) is 3. The molecule has 0 aromatic heterocycles. The Balaban J connectivity index is 5.69. The molecule has 0 aliphatic carbocycles. The van der Waals surface area contributed by atoms with Crippen LogP contribution in [0.1, 0.15) is 13.8 Å². The first-order valence-corrected chi connectivity index (χ1v) is 5.51. The fourth-order valence-electron chi connectivity index (χ4n) is 1.37. The molecule has 3 nitrogen and oxygen atoms in total. The average Bonchev–Trinajstić information content (AvgIpc) is 2.25. The minimum Gasteiger partial charge on any atom is -0.388 e. The zero-order valence-electron chi connectivity index (χ0n) is 11.5. The molecule has 0 saturated carbocycles. The van der Waals surface area contributed by atoms with E-state index in [0.717, 1.165) is 17.0 Å². The summed E-state index contributed by atoms with van der Waals surface area (Å²) in [4.78, 5) is 5.98. The molecule has 0 bridgehead atoms. The third-order valence-electron chi connectivity index (χ3n) is 2.02. The van der Waals surface area contributed by atoms with Gasteiger partial charge in [-0.15, -0.1) is 0 Å². The second-order valence-electron chi connectivity index (χ2n) is 4.14. The topological polar surface area (TPSA) is 27.6 Å². The van der Waals surface area contributed by atoms with E-state index < -0.39 is 0 Å². The standard InChI is InChI=1S/C14H23N3/c1-8-12(13(15-4)9-11(2)3)14(16-5)10-17(6)7/h8-10,15H,1,5H2,2-4,6-7H3/b13-12-,14-10-. The van der Waals surface area contributed by atoms with Crippen LogP contribution in [-0.4, -0.2) is 32.8 Å². The maximum atomic E-state index is 4.05. The van der Waals surface area contributed by atoms with Gasteiger partial charge in [-0.3, -0.25) is 4.99 Å². The van der Waals surface area contributed by atoms with Crippen molar-refractivity contribution < 1.29 is 0 Å². The monoisotopic (exact) mass is 233 g/mol. The Morgan fingerprint density at radius 1 is 1.29 bits per heavy atom. The van der Waals surface area contributed by atoms with Crippen molar-refractivity contribution in [3.05, 3.63) is 47.5 Å². The molecule has 0 heterocycles. The molecule has 0 spiro atoms. The molecule has 0 saturated heterocycles. The Morgan fingerprint density at radius 2 is 1.88 bits per heavy atom. The molecule has 0 aromatic rings. The highest BCUT2D eigenvalue weighted by Crippen LogP contribution is 2.17. The number of likely N-dealkylation sites (N-methyl/N-ethyl adjacent to an activating group) is 1. The van der Waals surface area contributed by atoms with Gasteiger partial charge in [0.2, 0.25) is 0 Å². The summed E-state index contributed by atoms with van der Waals surface area (Å²) in [5.74, 6) is 0. The lowest BCUT2D eigenvalue weighted by atomic mass is 10.1. The predicted molar refractivity (Wildman–Crippen MR) is 77.0 cm³/mol. The molecule has 0 rings (SSSR count). The van der Waals surface area contributed by atoms with Crippen molar-refractivity contribution in [2.45, 2.75) is 13.8 Å². The molecule has 0 amide bonds. The van der Waals surface area contributed by atoms with Crippen molar-refractivity contribution in [3.63, 3.8) is 0 Å². The molecule has 0 unspecified atom stereocenters. The van der Waals surface area contributed by atoms with Gasteiger partial charge in [0.15, 0.2) is 0 Å². The van der Waals surface area contributed by atoms with Crippen LogP contribution in [-0.2, 0) is 0 Å². The Morgan fingerprint density at radius 3 is 2.18 bits per heavy atom. The largest absolute Gasteiger partial charge is 0.388 e. The first-order chi connectivity index (χ1) is 7.96. The van der Waals surface area contributed by atoms with E-state index in [2.05, 4.69) is 43.5 Å². The summed E-state index contributed by atoms with van der Waals surface area (Å²) >= 11 is 0. The number of allylic oxidation sites excluding steroid dienone is 3. The van der Waals surface area contributed by atoms with Gasteiger partial charge in [-0.1, -0.05) is 18.2 Å². The summed E-state index contributed by atoms with van der Waals surface area (Å²) in [6.07, 6.45) is 5.77. The Bertz CT molecular complexity index is 367. The number of rotatable bonds is 6. The van der Waals surface area contributed by atoms with Gasteiger partial charge in [0.25, 0.3) is 0 Å². The van der Waals surface area contributed by atoms with E-state index >= 15 is 0 Å². The first kappa shape index (κ1) is 15.2. The molecule has 17 heavy (non-hydrogen) atoms. The zero-order chi connectivity index (χ0) is 13.4. The van der Waals surface area contributed by atoms with Crippen LogP contribution in [0.3, 0.4) is 0 Å². The summed E-state index contributed by atoms with van der Waals surface area (Å²) in [5, 5.41) is 3.16. The average molecular weight is 233 g/mol. The van der Waals surface area contributed by atoms with Gasteiger partial charge in [0.1, 0.15) is 0 Å². The van der Waals surface area contributed by atoms with Crippen molar-refractivity contribution in [1.29, 1.82) is 0 Å². The van der Waals surface area contributed by atoms with E-state index in [0.29, 0.717) is 0 Å². The fourth-order valence-corrected chi connectivity index (χ4v) is 1.37. The number of nitrogens with one attached hydrogen (secondary N) is 1. The molecule has 0 atom stereocenters. The van der Waals surface area contributed by atoms with Crippen LogP contribution in [0.25, 0.3) is 0 Å². The highest BCUT2D eigenvalue weighted by molar-refractivity contribution is 5.48. The van der Waals surface area contributed by atoms with Gasteiger partial charge in [0.05, 0.1) is 5.70 Å². The summed E-state index contributed by atoms with van der Waals surface area (Å²) in [6.45, 7) is 11.5. The molecule has 0 aliphatic rings. The SMILES string of the molecule is C=CC(/C(=C/N(C)C)N=C)=C(\C=C(C)C)NC. The second-order valence-corrected chi connectivity index (χ2v) is 4.14. The normalized spacial score (nSPS) is 12.4. The van der Waals surface area contributed by atoms with Gasteiger partial charge < -0.3 is 10.2 Å². The van der Waals surface area contributed by atoms with E-state index in [1.165, 1.54) is 5.57 Å². The van der Waals surface area contributed by atoms with Crippen LogP contribution in [0.15, 0.2) is 52.5 Å². The Labute approximate surface area is 105 Å². The van der Waals surface area contributed by atoms with Gasteiger partial charge in [0, 0.05) is 38.6 Å². The van der Waals surface area contributed by atoms with E-state index in [4.69, 9.17) is 0 Å². The lowest BCUT2D eigenvalue weighted by Gasteiger charge is -2.13. The third kappa shape index (κ3) is 5.20. The maximum absolute atomic E-state index is 4.05. The molecule has 0 fully saturated rings. The minimum absolute atomic E-state index is 0.798. The van der Waals surface area contributed by atoms with Crippen molar-refractivity contribution in [3.8, 4) is 0 Å². The number of aliphatic imine (C=N–C) groups is 1. The quantitative estimate of drug-likeness (QED) is 0.564. The summed E-state index contributed by atoms with van der Waals surface area (Å²) in [6, 6.07) is 0. The molecule has 0 aromatic carbocycles. The Hall–Kier alpha value is -1.77. The lowest BCUT2D eigenvalue weighted by molar-refractivity contribution is 0.558. The molecule has 0 radical (unpaired) electrons. The zero-order valence-corrected chi connectivity index (χ0v) is 11.5. The van der Waals surface area contributed by atoms with Gasteiger partial charge in [-0.25, -0.2) is 0 Å². The molecule has 94 valence electrons. The number of hydrogen-bond donors (Lipinski definition) is 1. The fraction of sp³-hybridized carbons (Fsp3) is 0.357. The first-order valence-electron chi connectivity index (χ1n) is 5.51. The van der Waals surface area contributed by atoms with Crippen molar-refractivity contribution in [1.82, 2.24) is 10.2 Å². The predicted octanol–water partition coefficient (Wildman–Crippen LogP) is 2.72. The van der Waals surface area contributed by atoms with Gasteiger partial charge in [-0.05, 0) is 26.6 Å². The van der Waals surface area contributed by atoms with E-state index in [1.54, 1.807) is 6.08 Å². The highest BCUT2D eigenvalue weighted by Gasteiger charge is 2.05. The molecule has 1 N–H and O–H groups in total. The van der Waals surface area contributed by atoms with Crippen LogP contribution >= 0.6 is 0 Å². The third-order valence-corrected chi connectivity index (χ3v) is 2.02. The highest BCUT2D eigenvalue weighted by atomic mass is 15.0. The van der Waals surface area contributed by atoms with Crippen LogP contribution in [0.5, 0.6) is 0 Å². The van der Waals surface area contributed by atoms with Crippen LogP contribution in [0, 0.1) is 0 Å². The molecular formula is C14H23N3. The van der Waals surface area contributed by atoms with E-state index in [1.807, 2.05) is 32.2 Å². The molecule has 0 aliphatic heterocycles. The summed E-state index contributed by atoms with van der Waals surface area (Å²) in [7, 11) is 5.78. The molecule has 3 heteroatoms. The van der Waals surface area contributed by atoms with Crippen LogP contribution in [0.4, 0.5) is 0 Å². The summed E-state index contributed by atoms with van der Waals surface area (Å²) in [5.41, 5.74) is 3.94. The minimum atomic E-state index is 0.798. The Kier molecular flexibility index (Phi) is 6.71. The maximum Gasteiger partial charge on any atom is 0.0873 e. The van der Waals surface area contributed by atoms with Crippen molar-refractivity contribution in [2.75, 3.05) is 21.1 Å². The van der Waals surface area contributed by atoms with Crippen molar-refractivity contribution >= 4 is 6.72 Å². The van der Waals surface area contributed by atoms with E-state index in [-0.39, 0.29) is 0 Å². The summed E-state index contributed by atoms with van der Waals surface area (Å²) < 4.78 is 0. The smallest absolute Gasteiger partial charge is 0.0873 e. The second kappa shape index (κ2) is 7.49. The van der Waals surface area contributed by atoms with Crippen LogP contribution < -0.4 is 5.32 Å². The molecular weight excluding hydrogens is 210 g/mol. The van der Waals surface area contributed by atoms with Crippen molar-refractivity contribution in [2.24, 2.45) is 4.99 Å².